The van der Waals surface area contributed by atoms with Gasteiger partial charge in [0, 0.05) is 0 Å². The Bertz CT molecular complexity index is 494. The molecule has 2 amide bonds. The molecule has 0 heterocycles. The zero-order valence-corrected chi connectivity index (χ0v) is 9.13. The molecule has 1 aromatic rings. The molecule has 5 nitrogen and oxygen atoms in total. The first-order chi connectivity index (χ1) is 8.32. The van der Waals surface area contributed by atoms with Gasteiger partial charge in [-0.05, 0) is 19.1 Å². The molecule has 0 spiro atoms. The van der Waals surface area contributed by atoms with Crippen LogP contribution in [-0.4, -0.2) is 23.1 Å². The number of carboxylic acids is 1. The van der Waals surface area contributed by atoms with Crippen molar-refractivity contribution < 1.29 is 27.9 Å². The smallest absolute Gasteiger partial charge is 0.325 e. The number of rotatable bonds is 3. The summed E-state index contributed by atoms with van der Waals surface area (Å²) in [7, 11) is 0. The van der Waals surface area contributed by atoms with E-state index in [0.717, 1.165) is 6.07 Å². The Labute approximate surface area is 99.6 Å². The van der Waals surface area contributed by atoms with E-state index in [0.29, 0.717) is 6.07 Å². The number of carboxylic acid groups (broad SMARTS) is 1. The second kappa shape index (κ2) is 5.39. The predicted molar refractivity (Wildman–Crippen MR) is 55.6 cm³/mol. The van der Waals surface area contributed by atoms with Crippen LogP contribution in [0.5, 0.6) is 0 Å². The van der Waals surface area contributed by atoms with Gasteiger partial charge in [-0.25, -0.2) is 18.0 Å². The molecule has 0 fully saturated rings. The molecule has 1 aromatic carbocycles. The second-order valence-electron chi connectivity index (χ2n) is 3.38. The highest BCUT2D eigenvalue weighted by atomic mass is 19.2. The maximum atomic E-state index is 13.1. The minimum Gasteiger partial charge on any atom is -0.480 e. The van der Waals surface area contributed by atoms with Crippen LogP contribution in [-0.2, 0) is 4.79 Å². The van der Waals surface area contributed by atoms with Gasteiger partial charge in [-0.3, -0.25) is 4.79 Å². The predicted octanol–water partition coefficient (Wildman–Crippen LogP) is 1.70. The lowest BCUT2D eigenvalue weighted by atomic mass is 10.3. The fourth-order valence-electron chi connectivity index (χ4n) is 1.04. The van der Waals surface area contributed by atoms with Crippen LogP contribution in [0.25, 0.3) is 0 Å². The summed E-state index contributed by atoms with van der Waals surface area (Å²) in [6.07, 6.45) is 0. The second-order valence-corrected chi connectivity index (χ2v) is 3.38. The number of anilines is 1. The Morgan fingerprint density at radius 1 is 1.22 bits per heavy atom. The van der Waals surface area contributed by atoms with Crippen molar-refractivity contribution in [2.24, 2.45) is 0 Å². The number of hydrogen-bond donors (Lipinski definition) is 3. The summed E-state index contributed by atoms with van der Waals surface area (Å²) in [5.41, 5.74) is -0.594. The van der Waals surface area contributed by atoms with Crippen molar-refractivity contribution >= 4 is 17.7 Å². The van der Waals surface area contributed by atoms with E-state index in [1.54, 1.807) is 0 Å². The molecule has 0 bridgehead atoms. The van der Waals surface area contributed by atoms with Gasteiger partial charge in [0.05, 0.1) is 5.69 Å². The Morgan fingerprint density at radius 2 is 1.83 bits per heavy atom. The van der Waals surface area contributed by atoms with Crippen molar-refractivity contribution in [1.82, 2.24) is 5.32 Å². The summed E-state index contributed by atoms with van der Waals surface area (Å²) in [5.74, 6) is -5.97. The Balaban J connectivity index is 2.77. The number of hydrogen-bond acceptors (Lipinski definition) is 2. The van der Waals surface area contributed by atoms with E-state index in [-0.39, 0.29) is 0 Å². The van der Waals surface area contributed by atoms with Crippen molar-refractivity contribution in [3.05, 3.63) is 29.6 Å². The third kappa shape index (κ3) is 3.12. The average molecular weight is 262 g/mol. The largest absolute Gasteiger partial charge is 0.480 e. The SMILES string of the molecule is C[C@H](NC(=O)Nc1ccc(F)c(F)c1F)C(=O)O. The molecular weight excluding hydrogens is 253 g/mol. The normalized spacial score (nSPS) is 11.8. The van der Waals surface area contributed by atoms with Crippen LogP contribution in [0.3, 0.4) is 0 Å². The minimum absolute atomic E-state index is 0.594. The van der Waals surface area contributed by atoms with Gasteiger partial charge in [0.15, 0.2) is 17.5 Å². The number of halogens is 3. The van der Waals surface area contributed by atoms with E-state index < -0.39 is 41.2 Å². The van der Waals surface area contributed by atoms with Gasteiger partial charge in [-0.15, -0.1) is 0 Å². The molecular formula is C10H9F3N2O3. The summed E-state index contributed by atoms with van der Waals surface area (Å²) in [5, 5.41) is 12.3. The van der Waals surface area contributed by atoms with E-state index in [1.807, 2.05) is 10.6 Å². The summed E-state index contributed by atoms with van der Waals surface area (Å²) >= 11 is 0. The summed E-state index contributed by atoms with van der Waals surface area (Å²) < 4.78 is 38.6. The molecule has 0 saturated carbocycles. The van der Waals surface area contributed by atoms with Crippen LogP contribution in [0.2, 0.25) is 0 Å². The van der Waals surface area contributed by atoms with Crippen LogP contribution in [0.15, 0.2) is 12.1 Å². The van der Waals surface area contributed by atoms with Crippen LogP contribution in [0.1, 0.15) is 6.92 Å². The van der Waals surface area contributed by atoms with Gasteiger partial charge < -0.3 is 15.7 Å². The van der Waals surface area contributed by atoms with Crippen LogP contribution in [0.4, 0.5) is 23.7 Å². The third-order valence-corrected chi connectivity index (χ3v) is 2.00. The lowest BCUT2D eigenvalue weighted by Crippen LogP contribution is -2.41. The van der Waals surface area contributed by atoms with Crippen LogP contribution >= 0.6 is 0 Å². The zero-order valence-electron chi connectivity index (χ0n) is 9.13. The highest BCUT2D eigenvalue weighted by Gasteiger charge is 2.17. The lowest BCUT2D eigenvalue weighted by molar-refractivity contribution is -0.138. The zero-order chi connectivity index (χ0) is 13.9. The maximum absolute atomic E-state index is 13.1. The highest BCUT2D eigenvalue weighted by molar-refractivity contribution is 5.92. The van der Waals surface area contributed by atoms with Crippen molar-refractivity contribution in [2.75, 3.05) is 5.32 Å². The third-order valence-electron chi connectivity index (χ3n) is 2.00. The number of carbonyl (C=O) groups excluding carboxylic acids is 1. The average Bonchev–Trinajstić information content (AvgIpc) is 2.29. The number of nitrogens with one attached hydrogen (secondary N) is 2. The molecule has 1 rings (SSSR count). The first-order valence-electron chi connectivity index (χ1n) is 4.76. The fraction of sp³-hybridized carbons (Fsp3) is 0.200. The molecule has 18 heavy (non-hydrogen) atoms. The quantitative estimate of drug-likeness (QED) is 0.725. The number of benzene rings is 1. The molecule has 98 valence electrons. The van der Waals surface area contributed by atoms with Crippen LogP contribution < -0.4 is 10.6 Å². The van der Waals surface area contributed by atoms with Crippen LogP contribution in [0, 0.1) is 17.5 Å². The van der Waals surface area contributed by atoms with Gasteiger partial charge in [0.1, 0.15) is 6.04 Å². The van der Waals surface area contributed by atoms with E-state index in [2.05, 4.69) is 0 Å². The Morgan fingerprint density at radius 3 is 2.39 bits per heavy atom. The van der Waals surface area contributed by atoms with Gasteiger partial charge in [-0.2, -0.15) is 0 Å². The Kier molecular flexibility index (Phi) is 4.13. The first-order valence-corrected chi connectivity index (χ1v) is 4.76. The first kappa shape index (κ1) is 13.8. The fourth-order valence-corrected chi connectivity index (χ4v) is 1.04. The summed E-state index contributed by atoms with van der Waals surface area (Å²) in [6.45, 7) is 1.18. The topological polar surface area (TPSA) is 78.4 Å². The molecule has 0 unspecified atom stereocenters. The van der Waals surface area contributed by atoms with E-state index >= 15 is 0 Å². The summed E-state index contributed by atoms with van der Waals surface area (Å²) in [6, 6.07) is -0.805. The molecule has 1 atom stereocenters. The van der Waals surface area contributed by atoms with Crippen molar-refractivity contribution in [2.45, 2.75) is 13.0 Å². The highest BCUT2D eigenvalue weighted by Crippen LogP contribution is 2.19. The maximum Gasteiger partial charge on any atom is 0.325 e. The summed E-state index contributed by atoms with van der Waals surface area (Å²) in [4.78, 5) is 21.6. The standard InChI is InChI=1S/C10H9F3N2O3/c1-4(9(16)17)14-10(18)15-6-3-2-5(11)7(12)8(6)13/h2-4H,1H3,(H,16,17)(H2,14,15,18)/t4-/m0/s1. The van der Waals surface area contributed by atoms with E-state index in [9.17, 15) is 22.8 Å². The number of aliphatic carboxylic acids is 1. The van der Waals surface area contributed by atoms with Crippen molar-refractivity contribution in [1.29, 1.82) is 0 Å². The minimum atomic E-state index is -1.72. The number of amides is 2. The van der Waals surface area contributed by atoms with Gasteiger partial charge in [0.2, 0.25) is 0 Å². The number of urea groups is 1. The van der Waals surface area contributed by atoms with Crippen molar-refractivity contribution in [3.63, 3.8) is 0 Å². The molecule has 0 aliphatic carbocycles. The van der Waals surface area contributed by atoms with Gasteiger partial charge in [0.25, 0.3) is 0 Å². The molecule has 0 radical (unpaired) electrons. The van der Waals surface area contributed by atoms with E-state index in [1.165, 1.54) is 6.92 Å². The number of carbonyl (C=O) groups is 2. The van der Waals surface area contributed by atoms with Gasteiger partial charge in [-0.1, -0.05) is 0 Å². The molecule has 0 aliphatic heterocycles. The molecule has 3 N–H and O–H groups in total. The van der Waals surface area contributed by atoms with E-state index in [4.69, 9.17) is 5.11 Å². The molecule has 0 saturated heterocycles. The van der Waals surface area contributed by atoms with Gasteiger partial charge >= 0.3 is 12.0 Å². The monoisotopic (exact) mass is 262 g/mol. The molecule has 0 aliphatic rings. The Hall–Kier alpha value is -2.25. The van der Waals surface area contributed by atoms with Crippen molar-refractivity contribution in [3.8, 4) is 0 Å². The lowest BCUT2D eigenvalue weighted by Gasteiger charge is -2.11. The molecule has 8 heteroatoms. The molecule has 0 aromatic heterocycles.